The van der Waals surface area contributed by atoms with Crippen LogP contribution in [0.15, 0.2) is 70.9 Å². The van der Waals surface area contributed by atoms with Crippen LogP contribution in [0.2, 0.25) is 0 Å². The van der Waals surface area contributed by atoms with Crippen LogP contribution in [0, 0.1) is 6.92 Å². The molecule has 0 radical (unpaired) electrons. The molecule has 0 amide bonds. The normalized spacial score (nSPS) is 13.0. The molecule has 0 saturated carbocycles. The standard InChI is InChI=1S/C21H14N2O3/c1-12-6-4-11-17(19(12)24)23-22-16-10-5-9-15-18(16)21(26)14-8-3-2-7-13(14)20(15)25/h2-11,24H,1H3. The molecule has 3 aromatic rings. The van der Waals surface area contributed by atoms with Crippen molar-refractivity contribution < 1.29 is 14.7 Å². The van der Waals surface area contributed by atoms with Gasteiger partial charge in [-0.15, -0.1) is 10.2 Å². The van der Waals surface area contributed by atoms with Crippen LogP contribution in [0.3, 0.4) is 0 Å². The maximum atomic E-state index is 12.9. The van der Waals surface area contributed by atoms with Crippen molar-refractivity contribution in [1.82, 2.24) is 0 Å². The van der Waals surface area contributed by atoms with Gasteiger partial charge in [0.2, 0.25) is 0 Å². The first-order chi connectivity index (χ1) is 12.6. The summed E-state index contributed by atoms with van der Waals surface area (Å²) in [6, 6.07) is 16.8. The highest BCUT2D eigenvalue weighted by Crippen LogP contribution is 2.35. The van der Waals surface area contributed by atoms with Gasteiger partial charge in [0, 0.05) is 16.7 Å². The fourth-order valence-corrected chi connectivity index (χ4v) is 3.04. The minimum absolute atomic E-state index is 0.0359. The lowest BCUT2D eigenvalue weighted by Gasteiger charge is -2.18. The minimum atomic E-state index is -0.252. The molecule has 0 fully saturated rings. The first kappa shape index (κ1) is 15.9. The van der Waals surface area contributed by atoms with E-state index in [1.165, 1.54) is 0 Å². The Labute approximate surface area is 149 Å². The Balaban J connectivity index is 1.84. The second kappa shape index (κ2) is 6.04. The van der Waals surface area contributed by atoms with Crippen molar-refractivity contribution in [3.8, 4) is 5.75 Å². The number of nitrogens with zero attached hydrogens (tertiary/aromatic N) is 2. The van der Waals surface area contributed by atoms with Crippen LogP contribution >= 0.6 is 0 Å². The zero-order chi connectivity index (χ0) is 18.3. The molecule has 0 heterocycles. The molecule has 0 aliphatic heterocycles. The molecule has 5 nitrogen and oxygen atoms in total. The van der Waals surface area contributed by atoms with Crippen molar-refractivity contribution in [3.05, 3.63) is 88.5 Å². The predicted octanol–water partition coefficient (Wildman–Crippen LogP) is 4.89. The molecule has 0 spiro atoms. The first-order valence-corrected chi connectivity index (χ1v) is 8.09. The molecule has 0 bridgehead atoms. The number of aromatic hydroxyl groups is 1. The zero-order valence-electron chi connectivity index (χ0n) is 13.9. The van der Waals surface area contributed by atoms with Gasteiger partial charge in [-0.1, -0.05) is 48.5 Å². The van der Waals surface area contributed by atoms with Gasteiger partial charge >= 0.3 is 0 Å². The number of hydrogen-bond donors (Lipinski definition) is 1. The largest absolute Gasteiger partial charge is 0.505 e. The summed E-state index contributed by atoms with van der Waals surface area (Å²) in [5.41, 5.74) is 2.61. The number of para-hydroxylation sites is 1. The van der Waals surface area contributed by atoms with Crippen LogP contribution in [0.25, 0.3) is 0 Å². The third kappa shape index (κ3) is 2.41. The Bertz CT molecular complexity index is 1100. The molecule has 1 aliphatic rings. The van der Waals surface area contributed by atoms with Gasteiger partial charge in [-0.25, -0.2) is 0 Å². The van der Waals surface area contributed by atoms with E-state index in [1.54, 1.807) is 67.6 Å². The summed E-state index contributed by atoms with van der Waals surface area (Å²) in [7, 11) is 0. The van der Waals surface area contributed by atoms with Gasteiger partial charge in [-0.2, -0.15) is 0 Å². The summed E-state index contributed by atoms with van der Waals surface area (Å²) in [6.45, 7) is 1.76. The minimum Gasteiger partial charge on any atom is -0.505 e. The Kier molecular flexibility index (Phi) is 3.69. The van der Waals surface area contributed by atoms with E-state index in [0.29, 0.717) is 33.6 Å². The maximum absolute atomic E-state index is 12.9. The van der Waals surface area contributed by atoms with Crippen molar-refractivity contribution in [2.75, 3.05) is 0 Å². The molecule has 5 heteroatoms. The third-order valence-corrected chi connectivity index (χ3v) is 4.41. The number of rotatable bonds is 2. The molecule has 26 heavy (non-hydrogen) atoms. The number of carbonyl (C=O) groups excluding carboxylic acids is 2. The molecule has 3 aromatic carbocycles. The van der Waals surface area contributed by atoms with Crippen LogP contribution in [0.4, 0.5) is 11.4 Å². The van der Waals surface area contributed by atoms with Crippen LogP contribution < -0.4 is 0 Å². The van der Waals surface area contributed by atoms with Crippen LogP contribution in [-0.2, 0) is 0 Å². The lowest BCUT2D eigenvalue weighted by atomic mass is 9.83. The molecule has 1 aliphatic carbocycles. The number of fused-ring (bicyclic) bond motifs is 2. The van der Waals surface area contributed by atoms with Crippen molar-refractivity contribution in [2.45, 2.75) is 6.92 Å². The SMILES string of the molecule is Cc1cccc(N=Nc2cccc3c2C(=O)c2ccccc2C3=O)c1O. The molecule has 0 atom stereocenters. The fourth-order valence-electron chi connectivity index (χ4n) is 3.04. The van der Waals surface area contributed by atoms with Crippen LogP contribution in [-0.4, -0.2) is 16.7 Å². The highest BCUT2D eigenvalue weighted by molar-refractivity contribution is 6.29. The van der Waals surface area contributed by atoms with E-state index in [2.05, 4.69) is 10.2 Å². The summed E-state index contributed by atoms with van der Waals surface area (Å²) >= 11 is 0. The molecule has 1 N–H and O–H groups in total. The van der Waals surface area contributed by atoms with Crippen molar-refractivity contribution >= 4 is 22.9 Å². The zero-order valence-corrected chi connectivity index (χ0v) is 13.9. The molecule has 126 valence electrons. The number of phenolic OH excluding ortho intramolecular Hbond substituents is 1. The number of phenols is 1. The number of aryl methyl sites for hydroxylation is 1. The number of ketones is 2. The lowest BCUT2D eigenvalue weighted by molar-refractivity contribution is 0.0979. The van der Waals surface area contributed by atoms with E-state index < -0.39 is 0 Å². The van der Waals surface area contributed by atoms with Gasteiger partial charge in [0.1, 0.15) is 11.4 Å². The Morgan fingerprint density at radius 3 is 2.04 bits per heavy atom. The average Bonchev–Trinajstić information content (AvgIpc) is 2.67. The maximum Gasteiger partial charge on any atom is 0.196 e. The Morgan fingerprint density at radius 2 is 1.27 bits per heavy atom. The number of benzene rings is 3. The third-order valence-electron chi connectivity index (χ3n) is 4.41. The van der Waals surface area contributed by atoms with E-state index >= 15 is 0 Å². The first-order valence-electron chi connectivity index (χ1n) is 8.09. The molecule has 0 saturated heterocycles. The van der Waals surface area contributed by atoms with E-state index in [9.17, 15) is 14.7 Å². The molecular weight excluding hydrogens is 328 g/mol. The van der Waals surface area contributed by atoms with E-state index in [1.807, 2.05) is 0 Å². The number of hydrogen-bond acceptors (Lipinski definition) is 5. The van der Waals surface area contributed by atoms with Gasteiger partial charge in [0.05, 0.1) is 11.3 Å². The fraction of sp³-hybridized carbons (Fsp3) is 0.0476. The molecule has 0 unspecified atom stereocenters. The second-order valence-electron chi connectivity index (χ2n) is 6.05. The van der Waals surface area contributed by atoms with Crippen molar-refractivity contribution in [1.29, 1.82) is 0 Å². The van der Waals surface area contributed by atoms with Gasteiger partial charge in [0.25, 0.3) is 0 Å². The second-order valence-corrected chi connectivity index (χ2v) is 6.05. The van der Waals surface area contributed by atoms with Crippen molar-refractivity contribution in [2.24, 2.45) is 10.2 Å². The van der Waals surface area contributed by atoms with Gasteiger partial charge in [-0.05, 0) is 24.6 Å². The average molecular weight is 342 g/mol. The van der Waals surface area contributed by atoms with Gasteiger partial charge < -0.3 is 5.11 Å². The van der Waals surface area contributed by atoms with E-state index in [-0.39, 0.29) is 22.9 Å². The van der Waals surface area contributed by atoms with Crippen LogP contribution in [0.1, 0.15) is 37.4 Å². The summed E-state index contributed by atoms with van der Waals surface area (Å²) in [6.07, 6.45) is 0. The van der Waals surface area contributed by atoms with Gasteiger partial charge in [0.15, 0.2) is 11.6 Å². The Morgan fingerprint density at radius 1 is 0.692 bits per heavy atom. The molecule has 0 aromatic heterocycles. The summed E-state index contributed by atoms with van der Waals surface area (Å²) in [5.74, 6) is -0.419. The monoisotopic (exact) mass is 342 g/mol. The summed E-state index contributed by atoms with van der Waals surface area (Å²) in [5, 5.41) is 18.3. The highest BCUT2D eigenvalue weighted by atomic mass is 16.3. The van der Waals surface area contributed by atoms with E-state index in [0.717, 1.165) is 0 Å². The predicted molar refractivity (Wildman–Crippen MR) is 96.8 cm³/mol. The quantitative estimate of drug-likeness (QED) is 0.527. The van der Waals surface area contributed by atoms with Crippen LogP contribution in [0.5, 0.6) is 5.75 Å². The topological polar surface area (TPSA) is 79.1 Å². The number of carbonyl (C=O) groups is 2. The smallest absolute Gasteiger partial charge is 0.196 e. The van der Waals surface area contributed by atoms with E-state index in [4.69, 9.17) is 0 Å². The number of azo groups is 1. The van der Waals surface area contributed by atoms with Gasteiger partial charge in [-0.3, -0.25) is 9.59 Å². The lowest BCUT2D eigenvalue weighted by Crippen LogP contribution is -2.20. The van der Waals surface area contributed by atoms with Crippen molar-refractivity contribution in [3.63, 3.8) is 0 Å². The molecule has 4 rings (SSSR count). The highest BCUT2D eigenvalue weighted by Gasteiger charge is 2.31. The summed E-state index contributed by atoms with van der Waals surface area (Å²) < 4.78 is 0. The Hall–Kier alpha value is -3.60. The molecular formula is C21H14N2O3. The summed E-state index contributed by atoms with van der Waals surface area (Å²) in [4.78, 5) is 25.6.